The number of nitrogens with one attached hydrogen (secondary N) is 2. The third-order valence-electron chi connectivity index (χ3n) is 6.35. The van der Waals surface area contributed by atoms with Crippen LogP contribution in [0, 0.1) is 5.41 Å². The zero-order chi connectivity index (χ0) is 20.0. The molecule has 0 radical (unpaired) electrons. The molecule has 0 amide bonds. The second-order valence-corrected chi connectivity index (χ2v) is 10.0. The number of hydrogen-bond acceptors (Lipinski definition) is 3. The molecule has 0 aromatic heterocycles. The van der Waals surface area contributed by atoms with Gasteiger partial charge in [0, 0.05) is 33.2 Å². The second-order valence-electron chi connectivity index (χ2n) is 8.10. The molecular formula is C21H34N4O2S. The number of aliphatic imine (C=N–C) groups is 1. The molecular weight excluding hydrogens is 372 g/mol. The van der Waals surface area contributed by atoms with Gasteiger partial charge in [-0.2, -0.15) is 4.31 Å². The van der Waals surface area contributed by atoms with Crippen LogP contribution in [0.2, 0.25) is 0 Å². The van der Waals surface area contributed by atoms with Crippen molar-refractivity contribution in [1.29, 1.82) is 0 Å². The molecule has 2 N–H and O–H groups in total. The highest BCUT2D eigenvalue weighted by Gasteiger charge is 2.32. The van der Waals surface area contributed by atoms with Crippen molar-refractivity contribution in [3.8, 4) is 0 Å². The Morgan fingerprint density at radius 2 is 1.71 bits per heavy atom. The van der Waals surface area contributed by atoms with Gasteiger partial charge in [-0.1, -0.05) is 31.9 Å². The van der Waals surface area contributed by atoms with E-state index in [1.807, 2.05) is 12.1 Å². The fourth-order valence-electron chi connectivity index (χ4n) is 4.31. The summed E-state index contributed by atoms with van der Waals surface area (Å²) in [6.45, 7) is 5.11. The van der Waals surface area contributed by atoms with Gasteiger partial charge in [-0.25, -0.2) is 8.42 Å². The van der Waals surface area contributed by atoms with Crippen molar-refractivity contribution in [1.82, 2.24) is 14.9 Å². The second kappa shape index (κ2) is 9.27. The summed E-state index contributed by atoms with van der Waals surface area (Å²) in [5.41, 5.74) is 1.44. The van der Waals surface area contributed by atoms with E-state index in [0.717, 1.165) is 30.9 Å². The van der Waals surface area contributed by atoms with Crippen LogP contribution in [-0.4, -0.2) is 45.4 Å². The van der Waals surface area contributed by atoms with E-state index < -0.39 is 10.0 Å². The van der Waals surface area contributed by atoms with E-state index in [-0.39, 0.29) is 0 Å². The fourth-order valence-corrected chi connectivity index (χ4v) is 5.83. The van der Waals surface area contributed by atoms with E-state index >= 15 is 0 Å². The van der Waals surface area contributed by atoms with Gasteiger partial charge >= 0.3 is 0 Å². The summed E-state index contributed by atoms with van der Waals surface area (Å²) in [6, 6.07) is 7.19. The molecule has 1 aromatic carbocycles. The Morgan fingerprint density at radius 3 is 2.29 bits per heavy atom. The molecule has 3 rings (SSSR count). The van der Waals surface area contributed by atoms with Gasteiger partial charge in [0.05, 0.1) is 4.90 Å². The Bertz CT molecular complexity index is 762. The summed E-state index contributed by atoms with van der Waals surface area (Å²) < 4.78 is 26.8. The molecule has 2 aliphatic rings. The maximum Gasteiger partial charge on any atom is 0.243 e. The molecule has 1 heterocycles. The average molecular weight is 407 g/mol. The summed E-state index contributed by atoms with van der Waals surface area (Å²) in [7, 11) is -1.56. The Kier molecular flexibility index (Phi) is 6.99. The normalized spacial score (nSPS) is 20.4. The minimum absolute atomic E-state index is 0.381. The first-order chi connectivity index (χ1) is 13.5. The first-order valence-electron chi connectivity index (χ1n) is 10.5. The lowest BCUT2D eigenvalue weighted by Crippen LogP contribution is -2.42. The molecule has 28 heavy (non-hydrogen) atoms. The monoisotopic (exact) mass is 406 g/mol. The zero-order valence-electron chi connectivity index (χ0n) is 17.2. The number of nitrogens with zero attached hydrogens (tertiary/aromatic N) is 2. The van der Waals surface area contributed by atoms with Crippen LogP contribution in [0.3, 0.4) is 0 Å². The number of benzene rings is 1. The van der Waals surface area contributed by atoms with Crippen LogP contribution in [0.25, 0.3) is 0 Å². The van der Waals surface area contributed by atoms with E-state index in [1.54, 1.807) is 23.5 Å². The van der Waals surface area contributed by atoms with Crippen molar-refractivity contribution < 1.29 is 8.42 Å². The summed E-state index contributed by atoms with van der Waals surface area (Å²) in [4.78, 5) is 4.71. The third-order valence-corrected chi connectivity index (χ3v) is 8.27. The topological polar surface area (TPSA) is 73.8 Å². The molecule has 0 bridgehead atoms. The lowest BCUT2D eigenvalue weighted by atomic mass is 9.83. The number of rotatable bonds is 7. The summed E-state index contributed by atoms with van der Waals surface area (Å²) in [5.74, 6) is 0.800. The van der Waals surface area contributed by atoms with Gasteiger partial charge in [0.25, 0.3) is 0 Å². The van der Waals surface area contributed by atoms with Gasteiger partial charge in [0.15, 0.2) is 5.96 Å². The van der Waals surface area contributed by atoms with Crippen LogP contribution in [0.4, 0.5) is 0 Å². The van der Waals surface area contributed by atoms with Crippen LogP contribution in [-0.2, 0) is 16.6 Å². The highest BCUT2D eigenvalue weighted by Crippen LogP contribution is 2.40. The first kappa shape index (κ1) is 21.1. The molecule has 0 unspecified atom stereocenters. The lowest BCUT2D eigenvalue weighted by Gasteiger charge is -2.28. The lowest BCUT2D eigenvalue weighted by molar-refractivity contribution is 0.283. The van der Waals surface area contributed by atoms with Crippen LogP contribution in [0.5, 0.6) is 0 Å². The highest BCUT2D eigenvalue weighted by atomic mass is 32.2. The number of guanidine groups is 1. The molecule has 1 aliphatic carbocycles. The van der Waals surface area contributed by atoms with Crippen molar-refractivity contribution in [2.45, 2.75) is 63.3 Å². The summed E-state index contributed by atoms with van der Waals surface area (Å²) in [5, 5.41) is 6.83. The molecule has 1 saturated carbocycles. The van der Waals surface area contributed by atoms with Crippen molar-refractivity contribution in [2.75, 3.05) is 26.7 Å². The number of sulfonamides is 1. The molecule has 0 spiro atoms. The quantitative estimate of drug-likeness (QED) is 0.539. The Morgan fingerprint density at radius 1 is 1.07 bits per heavy atom. The van der Waals surface area contributed by atoms with Gasteiger partial charge in [-0.05, 0) is 55.2 Å². The van der Waals surface area contributed by atoms with E-state index in [1.165, 1.54) is 32.1 Å². The van der Waals surface area contributed by atoms with Crippen molar-refractivity contribution in [3.05, 3.63) is 29.8 Å². The third kappa shape index (κ3) is 4.87. The smallest absolute Gasteiger partial charge is 0.243 e. The molecule has 0 atom stereocenters. The first-order valence-corrected chi connectivity index (χ1v) is 12.0. The van der Waals surface area contributed by atoms with E-state index in [4.69, 9.17) is 0 Å². The molecule has 1 aromatic rings. The highest BCUT2D eigenvalue weighted by molar-refractivity contribution is 7.89. The van der Waals surface area contributed by atoms with E-state index in [2.05, 4.69) is 22.5 Å². The number of hydrogen-bond donors (Lipinski definition) is 2. The SMILES string of the molecule is CCC1(CNC(=NC)NCc2ccc(S(=O)(=O)N3CCCC3)cc2)CCCC1. The van der Waals surface area contributed by atoms with Crippen LogP contribution in [0.15, 0.2) is 34.2 Å². The van der Waals surface area contributed by atoms with Gasteiger partial charge in [0.1, 0.15) is 0 Å². The predicted molar refractivity (Wildman–Crippen MR) is 114 cm³/mol. The van der Waals surface area contributed by atoms with Crippen molar-refractivity contribution in [2.24, 2.45) is 10.4 Å². The molecule has 1 aliphatic heterocycles. The Labute approximate surface area is 169 Å². The minimum Gasteiger partial charge on any atom is -0.356 e. The maximum absolute atomic E-state index is 12.6. The summed E-state index contributed by atoms with van der Waals surface area (Å²) >= 11 is 0. The van der Waals surface area contributed by atoms with Crippen molar-refractivity contribution in [3.63, 3.8) is 0 Å². The summed E-state index contributed by atoms with van der Waals surface area (Å²) in [6.07, 6.45) is 8.34. The van der Waals surface area contributed by atoms with Gasteiger partial charge in [0.2, 0.25) is 10.0 Å². The van der Waals surface area contributed by atoms with Crippen LogP contribution in [0.1, 0.15) is 57.4 Å². The van der Waals surface area contributed by atoms with Crippen LogP contribution >= 0.6 is 0 Å². The molecule has 6 nitrogen and oxygen atoms in total. The van der Waals surface area contributed by atoms with E-state index in [9.17, 15) is 8.42 Å². The predicted octanol–water partition coefficient (Wildman–Crippen LogP) is 3.11. The minimum atomic E-state index is -3.34. The fraction of sp³-hybridized carbons (Fsp3) is 0.667. The molecule has 1 saturated heterocycles. The Hall–Kier alpha value is -1.60. The maximum atomic E-state index is 12.6. The van der Waals surface area contributed by atoms with Gasteiger partial charge < -0.3 is 10.6 Å². The molecule has 156 valence electrons. The van der Waals surface area contributed by atoms with E-state index in [0.29, 0.717) is 29.9 Å². The average Bonchev–Trinajstić information content (AvgIpc) is 3.41. The van der Waals surface area contributed by atoms with Gasteiger partial charge in [-0.3, -0.25) is 4.99 Å². The Balaban J connectivity index is 1.53. The zero-order valence-corrected chi connectivity index (χ0v) is 18.0. The van der Waals surface area contributed by atoms with Crippen molar-refractivity contribution >= 4 is 16.0 Å². The van der Waals surface area contributed by atoms with Crippen LogP contribution < -0.4 is 10.6 Å². The largest absolute Gasteiger partial charge is 0.356 e. The van der Waals surface area contributed by atoms with Gasteiger partial charge in [-0.15, -0.1) is 0 Å². The standard InChI is InChI=1S/C21H34N4O2S/c1-3-21(12-4-5-13-21)17-24-20(22-2)23-16-18-8-10-19(11-9-18)28(26,27)25-14-6-7-15-25/h8-11H,3-7,12-17H2,1-2H3,(H2,22,23,24). The molecule has 7 heteroatoms. The molecule has 2 fully saturated rings.